The molecule has 1 spiro atoms. The van der Waals surface area contributed by atoms with E-state index in [1.54, 1.807) is 11.1 Å². The van der Waals surface area contributed by atoms with Crippen molar-refractivity contribution in [1.82, 2.24) is 0 Å². The highest BCUT2D eigenvalue weighted by atomic mass is 15.1. The van der Waals surface area contributed by atoms with Crippen molar-refractivity contribution in [3.63, 3.8) is 0 Å². The normalized spacial score (nSPS) is 23.2. The average Bonchev–Trinajstić information content (AvgIpc) is 3.76. The van der Waals surface area contributed by atoms with E-state index in [2.05, 4.69) is 182 Å². The molecule has 0 radical (unpaired) electrons. The number of anilines is 3. The SMILES string of the molecule is C=Cc1ccc(C23CC4CC(C2)CC(c2ccc(N(c5ccc(CCCC)cc5)c5ccc6c(c5)-c5ccccc5C65c6ccccc6-c6ccccc65)cc2)(C4)C3)cc1. The molecule has 6 aliphatic carbocycles. The standard InChI is InChI=1S/C59H53N/c1-3-5-12-41-21-27-46(28-22-41)60(47-29-25-45(26-30-47)58-37-42-33-43(38-58)36-57(35-42,39-58)44-23-19-40(4-2)20-24-44)48-31-32-56-52(34-48)51-15-8-11-18-55(51)59(56)53-16-9-6-13-49(53)50-14-7-10-17-54(50)59/h4,6-11,13-32,34,42-43H,2-3,5,12,33,35-39H2,1H3. The van der Waals surface area contributed by atoms with Crippen LogP contribution in [0.4, 0.5) is 17.1 Å². The van der Waals surface area contributed by atoms with Gasteiger partial charge in [-0.2, -0.15) is 0 Å². The maximum absolute atomic E-state index is 4.03. The Kier molecular flexibility index (Phi) is 8.12. The third-order valence-electron chi connectivity index (χ3n) is 15.8. The summed E-state index contributed by atoms with van der Waals surface area (Å²) in [6.45, 7) is 6.31. The second kappa shape index (κ2) is 13.5. The molecule has 294 valence electrons. The zero-order valence-corrected chi connectivity index (χ0v) is 34.8. The van der Waals surface area contributed by atoms with E-state index in [9.17, 15) is 0 Å². The summed E-state index contributed by atoms with van der Waals surface area (Å²) in [7, 11) is 0. The summed E-state index contributed by atoms with van der Waals surface area (Å²) in [5, 5.41) is 0. The van der Waals surface area contributed by atoms with Crippen LogP contribution in [0.2, 0.25) is 0 Å². The molecule has 0 amide bonds. The molecule has 1 nitrogen and oxygen atoms in total. The predicted octanol–water partition coefficient (Wildman–Crippen LogP) is 15.3. The second-order valence-electron chi connectivity index (χ2n) is 19.1. The van der Waals surface area contributed by atoms with Crippen LogP contribution < -0.4 is 4.90 Å². The van der Waals surface area contributed by atoms with Crippen LogP contribution in [0.25, 0.3) is 28.3 Å². The molecular weight excluding hydrogens is 723 g/mol. The summed E-state index contributed by atoms with van der Waals surface area (Å²) in [6.07, 6.45) is 13.5. The van der Waals surface area contributed by atoms with Crippen molar-refractivity contribution in [2.24, 2.45) is 11.8 Å². The van der Waals surface area contributed by atoms with Crippen LogP contribution in [-0.2, 0) is 22.7 Å². The van der Waals surface area contributed by atoms with Gasteiger partial charge in [-0.25, -0.2) is 0 Å². The van der Waals surface area contributed by atoms with Gasteiger partial charge in [0, 0.05) is 17.1 Å². The predicted molar refractivity (Wildman–Crippen MR) is 251 cm³/mol. The molecule has 7 aromatic carbocycles. The number of hydrogen-bond donors (Lipinski definition) is 0. The Labute approximate surface area is 356 Å². The third kappa shape index (κ3) is 5.17. The smallest absolute Gasteiger partial charge is 0.0725 e. The first-order chi connectivity index (χ1) is 29.5. The Morgan fingerprint density at radius 3 is 1.53 bits per heavy atom. The maximum atomic E-state index is 4.03. The lowest BCUT2D eigenvalue weighted by atomic mass is 9.42. The molecule has 4 bridgehead atoms. The van der Waals surface area contributed by atoms with E-state index in [-0.39, 0.29) is 16.2 Å². The number of aryl methyl sites for hydroxylation is 1. The van der Waals surface area contributed by atoms with Crippen LogP contribution in [0.1, 0.15) is 103 Å². The van der Waals surface area contributed by atoms with Gasteiger partial charge in [0.15, 0.2) is 0 Å². The van der Waals surface area contributed by atoms with Crippen LogP contribution in [0, 0.1) is 11.8 Å². The number of unbranched alkanes of at least 4 members (excludes halogenated alkanes) is 1. The molecule has 0 aliphatic heterocycles. The van der Waals surface area contributed by atoms with Crippen molar-refractivity contribution in [2.45, 2.75) is 81.0 Å². The van der Waals surface area contributed by atoms with E-state index in [1.807, 2.05) is 6.08 Å². The van der Waals surface area contributed by atoms with Crippen molar-refractivity contribution in [2.75, 3.05) is 4.90 Å². The summed E-state index contributed by atoms with van der Waals surface area (Å²) >= 11 is 0. The van der Waals surface area contributed by atoms with Crippen LogP contribution in [-0.4, -0.2) is 0 Å². The van der Waals surface area contributed by atoms with E-state index < -0.39 is 0 Å². The zero-order chi connectivity index (χ0) is 40.1. The highest BCUT2D eigenvalue weighted by Gasteiger charge is 2.58. The van der Waals surface area contributed by atoms with Crippen molar-refractivity contribution >= 4 is 23.1 Å². The molecule has 0 N–H and O–H groups in total. The minimum atomic E-state index is -0.339. The van der Waals surface area contributed by atoms with E-state index in [0.29, 0.717) is 0 Å². The maximum Gasteiger partial charge on any atom is 0.0725 e. The topological polar surface area (TPSA) is 3.24 Å². The second-order valence-corrected chi connectivity index (χ2v) is 19.1. The molecule has 13 rings (SSSR count). The molecule has 1 heteroatoms. The molecule has 60 heavy (non-hydrogen) atoms. The molecule has 0 aromatic heterocycles. The van der Waals surface area contributed by atoms with Crippen LogP contribution in [0.15, 0.2) is 170 Å². The summed E-state index contributed by atoms with van der Waals surface area (Å²) in [4.78, 5) is 2.51. The van der Waals surface area contributed by atoms with Crippen molar-refractivity contribution < 1.29 is 0 Å². The molecular formula is C59H53N. The molecule has 2 atom stereocenters. The zero-order valence-electron chi connectivity index (χ0n) is 34.8. The van der Waals surface area contributed by atoms with Gasteiger partial charge in [-0.05, 0) is 177 Å². The Hall–Kier alpha value is -5.92. The molecule has 4 saturated carbocycles. The number of fused-ring (bicyclic) bond motifs is 10. The fraction of sp³-hybridized carbons (Fsp3) is 0.254. The van der Waals surface area contributed by atoms with Crippen LogP contribution in [0.3, 0.4) is 0 Å². The lowest BCUT2D eigenvalue weighted by Crippen LogP contribution is -2.55. The molecule has 4 fully saturated rings. The van der Waals surface area contributed by atoms with E-state index in [0.717, 1.165) is 18.3 Å². The monoisotopic (exact) mass is 775 g/mol. The Balaban J connectivity index is 0.971. The third-order valence-corrected chi connectivity index (χ3v) is 15.8. The van der Waals surface area contributed by atoms with Gasteiger partial charge in [-0.1, -0.05) is 153 Å². The summed E-state index contributed by atoms with van der Waals surface area (Å²) in [5.74, 6) is 1.62. The number of nitrogens with zero attached hydrogens (tertiary/aromatic N) is 1. The summed E-state index contributed by atoms with van der Waals surface area (Å²) in [6, 6.07) is 63.5. The first-order valence-corrected chi connectivity index (χ1v) is 22.7. The van der Waals surface area contributed by atoms with Gasteiger partial charge in [-0.15, -0.1) is 0 Å². The molecule has 7 aromatic rings. The largest absolute Gasteiger partial charge is 0.310 e. The van der Waals surface area contributed by atoms with E-state index in [4.69, 9.17) is 0 Å². The van der Waals surface area contributed by atoms with Gasteiger partial charge in [0.2, 0.25) is 0 Å². The summed E-state index contributed by atoms with van der Waals surface area (Å²) < 4.78 is 0. The van der Waals surface area contributed by atoms with Crippen molar-refractivity contribution in [1.29, 1.82) is 0 Å². The van der Waals surface area contributed by atoms with Crippen LogP contribution >= 0.6 is 0 Å². The molecule has 0 heterocycles. The quantitative estimate of drug-likeness (QED) is 0.141. The fourth-order valence-electron chi connectivity index (χ4n) is 13.7. The number of rotatable bonds is 9. The van der Waals surface area contributed by atoms with Crippen LogP contribution in [0.5, 0.6) is 0 Å². The van der Waals surface area contributed by atoms with Gasteiger partial charge in [0.25, 0.3) is 0 Å². The Bertz CT molecular complexity index is 2730. The van der Waals surface area contributed by atoms with E-state index in [1.165, 1.54) is 124 Å². The number of hydrogen-bond acceptors (Lipinski definition) is 1. The minimum absolute atomic E-state index is 0.241. The first-order valence-electron chi connectivity index (χ1n) is 22.7. The van der Waals surface area contributed by atoms with Gasteiger partial charge in [-0.3, -0.25) is 0 Å². The van der Waals surface area contributed by atoms with Crippen molar-refractivity contribution in [3.05, 3.63) is 215 Å². The fourth-order valence-corrected chi connectivity index (χ4v) is 13.7. The van der Waals surface area contributed by atoms with Gasteiger partial charge < -0.3 is 4.90 Å². The van der Waals surface area contributed by atoms with Crippen molar-refractivity contribution in [3.8, 4) is 22.3 Å². The Morgan fingerprint density at radius 2 is 1.00 bits per heavy atom. The lowest BCUT2D eigenvalue weighted by Gasteiger charge is -2.63. The first kappa shape index (κ1) is 36.0. The molecule has 0 saturated heterocycles. The highest BCUT2D eigenvalue weighted by molar-refractivity contribution is 5.96. The molecule has 6 aliphatic rings. The van der Waals surface area contributed by atoms with Gasteiger partial charge in [0.1, 0.15) is 0 Å². The molecule has 2 unspecified atom stereocenters. The highest BCUT2D eigenvalue weighted by Crippen LogP contribution is 2.67. The van der Waals surface area contributed by atoms with E-state index >= 15 is 0 Å². The average molecular weight is 776 g/mol. The van der Waals surface area contributed by atoms with Gasteiger partial charge in [0.05, 0.1) is 5.41 Å². The lowest BCUT2D eigenvalue weighted by molar-refractivity contribution is -0.0281. The Morgan fingerprint density at radius 1 is 0.533 bits per heavy atom. The van der Waals surface area contributed by atoms with Gasteiger partial charge >= 0.3 is 0 Å². The number of benzene rings is 7. The minimum Gasteiger partial charge on any atom is -0.310 e. The summed E-state index contributed by atoms with van der Waals surface area (Å²) in [5.41, 5.74) is 20.4.